The molecule has 0 unspecified atom stereocenters. The largest absolute Gasteiger partial charge is 0.463 e. The second-order valence-electron chi connectivity index (χ2n) is 13.6. The zero-order chi connectivity index (χ0) is 40.4. The zero-order valence-corrected chi connectivity index (χ0v) is 31.4. The van der Waals surface area contributed by atoms with E-state index in [0.29, 0.717) is 0 Å². The fraction of sp³-hybridized carbons (Fsp3) is 0.486. The molecule has 296 valence electrons. The van der Waals surface area contributed by atoms with E-state index in [-0.39, 0.29) is 12.5 Å². The molecule has 1 saturated heterocycles. The molecule has 0 saturated carbocycles. The van der Waals surface area contributed by atoms with Crippen LogP contribution in [-0.4, -0.2) is 97.3 Å². The summed E-state index contributed by atoms with van der Waals surface area (Å²) in [7, 11) is 0. The summed E-state index contributed by atoms with van der Waals surface area (Å²) >= 11 is 0. The molecule has 1 fully saturated rings. The Bertz CT molecular complexity index is 1760. The minimum Gasteiger partial charge on any atom is -0.463 e. The molecule has 2 aromatic rings. The summed E-state index contributed by atoms with van der Waals surface area (Å²) in [5, 5.41) is 9.92. The third-order valence-electron chi connectivity index (χ3n) is 8.03. The Hall–Kier alpha value is -5.91. The molecule has 2 amide bonds. The summed E-state index contributed by atoms with van der Waals surface area (Å²) in [5.41, 5.74) is 5.12. The van der Waals surface area contributed by atoms with Crippen LogP contribution in [0.15, 0.2) is 58.9 Å². The van der Waals surface area contributed by atoms with Gasteiger partial charge in [-0.05, 0) is 43.0 Å². The van der Waals surface area contributed by atoms with E-state index >= 15 is 0 Å². The lowest BCUT2D eigenvalue weighted by molar-refractivity contribution is -0.252. The Morgan fingerprint density at radius 3 is 1.82 bits per heavy atom. The molecule has 6 atom stereocenters. The number of esters is 5. The predicted molar refractivity (Wildman–Crippen MR) is 187 cm³/mol. The summed E-state index contributed by atoms with van der Waals surface area (Å²) in [5.74, 6) is -5.38. The van der Waals surface area contributed by atoms with Crippen LogP contribution >= 0.6 is 0 Å². The molecule has 0 radical (unpaired) electrons. The lowest BCUT2D eigenvalue weighted by Gasteiger charge is -2.42. The third kappa shape index (κ3) is 11.8. The van der Waals surface area contributed by atoms with E-state index in [1.165, 1.54) is 0 Å². The van der Waals surface area contributed by atoms with E-state index in [1.807, 2.05) is 48.5 Å². The summed E-state index contributed by atoms with van der Waals surface area (Å²) in [6, 6.07) is 14.0. The second-order valence-corrected chi connectivity index (χ2v) is 13.6. The van der Waals surface area contributed by atoms with Crippen LogP contribution in [0.5, 0.6) is 0 Å². The average Bonchev–Trinajstić information content (AvgIpc) is 3.40. The maximum absolute atomic E-state index is 13.2. The van der Waals surface area contributed by atoms with Crippen LogP contribution in [0.3, 0.4) is 0 Å². The molecule has 1 aliphatic carbocycles. The van der Waals surface area contributed by atoms with Crippen LogP contribution in [0.1, 0.15) is 71.9 Å². The normalized spacial score (nSPS) is 20.9. The number of amides is 2. The first kappa shape index (κ1) is 41.8. The number of rotatable bonds is 13. The number of nitrogens with one attached hydrogen (secondary N) is 2. The summed E-state index contributed by atoms with van der Waals surface area (Å²) in [6.45, 7) is 8.56. The molecule has 0 aromatic heterocycles. The van der Waals surface area contributed by atoms with Gasteiger partial charge in [0.15, 0.2) is 18.3 Å². The number of carbonyl (C=O) groups is 7. The molecule has 1 aliphatic heterocycles. The molecule has 0 spiro atoms. The Morgan fingerprint density at radius 1 is 0.727 bits per heavy atom. The van der Waals surface area contributed by atoms with Crippen LogP contribution in [-0.2, 0) is 61.9 Å². The van der Waals surface area contributed by atoms with E-state index in [9.17, 15) is 33.6 Å². The first-order valence-corrected chi connectivity index (χ1v) is 17.3. The SMILES string of the molecule is CC(=O)OC[C@H]1O[C@@H](/N=N/NC(=O)C[C@H](NC(=O)OCC2c3ccccc3-c3ccccc32)C(=O)OC(C)(C)C)[C@H](OC(C)=O)[C@@H](OC(C)=O)[C@@H]1OC(C)=O. The molecule has 4 rings (SSSR count). The van der Waals surface area contributed by atoms with E-state index in [4.69, 9.17) is 33.2 Å². The third-order valence-corrected chi connectivity index (χ3v) is 8.03. The number of carbonyl (C=O) groups excluding carboxylic acids is 7. The highest BCUT2D eigenvalue weighted by Gasteiger charge is 2.52. The van der Waals surface area contributed by atoms with E-state index in [1.54, 1.807) is 20.8 Å². The highest BCUT2D eigenvalue weighted by atomic mass is 16.7. The molecule has 2 aliphatic rings. The van der Waals surface area contributed by atoms with Gasteiger partial charge in [0.25, 0.3) is 0 Å². The Morgan fingerprint density at radius 2 is 1.27 bits per heavy atom. The van der Waals surface area contributed by atoms with Crippen molar-refractivity contribution in [1.29, 1.82) is 0 Å². The quantitative estimate of drug-likeness (QED) is 0.129. The predicted octanol–water partition coefficient (Wildman–Crippen LogP) is 3.19. The summed E-state index contributed by atoms with van der Waals surface area (Å²) in [6.07, 6.45) is -9.09. The molecule has 55 heavy (non-hydrogen) atoms. The van der Waals surface area contributed by atoms with Crippen molar-refractivity contribution in [2.24, 2.45) is 10.3 Å². The van der Waals surface area contributed by atoms with Crippen LogP contribution in [0.2, 0.25) is 0 Å². The lowest BCUT2D eigenvalue weighted by Crippen LogP contribution is -2.61. The Kier molecular flexibility index (Phi) is 14.0. The molecular formula is C37H44N4O14. The highest BCUT2D eigenvalue weighted by molar-refractivity contribution is 5.88. The molecule has 18 heteroatoms. The van der Waals surface area contributed by atoms with E-state index in [0.717, 1.165) is 49.9 Å². The fourth-order valence-corrected chi connectivity index (χ4v) is 6.02. The van der Waals surface area contributed by atoms with Gasteiger partial charge in [0.1, 0.15) is 31.0 Å². The molecular weight excluding hydrogens is 724 g/mol. The molecule has 2 aromatic carbocycles. The molecule has 2 N–H and O–H groups in total. The number of benzene rings is 2. The number of hydrogen-bond acceptors (Lipinski definition) is 16. The Labute approximate surface area is 316 Å². The smallest absolute Gasteiger partial charge is 0.407 e. The number of alkyl carbamates (subject to hydrolysis) is 1. The van der Waals surface area contributed by atoms with E-state index in [2.05, 4.69) is 21.1 Å². The van der Waals surface area contributed by atoms with Crippen LogP contribution in [0, 0.1) is 0 Å². The highest BCUT2D eigenvalue weighted by Crippen LogP contribution is 2.44. The van der Waals surface area contributed by atoms with Crippen molar-refractivity contribution in [2.75, 3.05) is 13.2 Å². The van der Waals surface area contributed by atoms with Crippen LogP contribution in [0.25, 0.3) is 11.1 Å². The molecule has 0 bridgehead atoms. The van der Waals surface area contributed by atoms with Gasteiger partial charge in [-0.25, -0.2) is 15.0 Å². The number of nitrogens with zero attached hydrogens (tertiary/aromatic N) is 2. The summed E-state index contributed by atoms with van der Waals surface area (Å²) < 4.78 is 37.8. The monoisotopic (exact) mass is 768 g/mol. The topological polar surface area (TPSA) is 233 Å². The lowest BCUT2D eigenvalue weighted by atomic mass is 9.97. The van der Waals surface area contributed by atoms with Crippen molar-refractivity contribution < 1.29 is 66.7 Å². The van der Waals surface area contributed by atoms with Gasteiger partial charge in [-0.1, -0.05) is 53.8 Å². The van der Waals surface area contributed by atoms with Gasteiger partial charge in [0.2, 0.25) is 12.1 Å². The minimum atomic E-state index is -1.61. The van der Waals surface area contributed by atoms with Crippen molar-refractivity contribution in [1.82, 2.24) is 10.7 Å². The number of ether oxygens (including phenoxy) is 7. The first-order valence-electron chi connectivity index (χ1n) is 17.3. The van der Waals surface area contributed by atoms with Gasteiger partial charge in [-0.15, -0.1) is 5.11 Å². The standard InChI is InChI=1S/C37H44N4O14/c1-19(42)49-18-29-31(51-20(2)43)32(52-21(3)44)33(53-22(4)45)34(54-29)40-41-39-30(46)16-28(35(47)55-37(5,6)7)38-36(48)50-17-27-25-14-10-8-12-23(25)24-13-9-11-15-26(24)27/h8-15,27-29,31-34H,16-18H2,1-7H3,(H,38,48)(H,39,40,46)/t28-,29+,31+,32-,33+,34+/m0/s1. The van der Waals surface area contributed by atoms with Gasteiger partial charge in [-0.3, -0.25) is 24.0 Å². The molecule has 18 nitrogen and oxygen atoms in total. The number of hydrogen-bond donors (Lipinski definition) is 2. The van der Waals surface area contributed by atoms with Gasteiger partial charge >= 0.3 is 35.9 Å². The maximum Gasteiger partial charge on any atom is 0.407 e. The molecule has 1 heterocycles. The van der Waals surface area contributed by atoms with Crippen LogP contribution < -0.4 is 10.7 Å². The fourth-order valence-electron chi connectivity index (χ4n) is 6.02. The maximum atomic E-state index is 13.2. The van der Waals surface area contributed by atoms with Crippen molar-refractivity contribution in [2.45, 2.75) is 103 Å². The average molecular weight is 769 g/mol. The van der Waals surface area contributed by atoms with Gasteiger partial charge in [0, 0.05) is 33.6 Å². The first-order chi connectivity index (χ1) is 25.9. The van der Waals surface area contributed by atoms with Crippen LogP contribution in [0.4, 0.5) is 4.79 Å². The Balaban J connectivity index is 1.48. The van der Waals surface area contributed by atoms with E-state index < -0.39 is 97.2 Å². The van der Waals surface area contributed by atoms with Gasteiger partial charge < -0.3 is 38.5 Å². The summed E-state index contributed by atoms with van der Waals surface area (Å²) in [4.78, 5) is 87.0. The van der Waals surface area contributed by atoms with Gasteiger partial charge in [0.05, 0.1) is 6.42 Å². The van der Waals surface area contributed by atoms with Gasteiger partial charge in [-0.2, -0.15) is 0 Å². The number of fused-ring (bicyclic) bond motifs is 3. The second kappa shape index (κ2) is 18.4. The van der Waals surface area contributed by atoms with Crippen molar-refractivity contribution in [3.05, 3.63) is 59.7 Å². The minimum absolute atomic E-state index is 0.0582. The van der Waals surface area contributed by atoms with Crippen molar-refractivity contribution in [3.63, 3.8) is 0 Å². The van der Waals surface area contributed by atoms with Crippen molar-refractivity contribution in [3.8, 4) is 11.1 Å². The zero-order valence-electron chi connectivity index (χ0n) is 31.4. The van der Waals surface area contributed by atoms with Crippen molar-refractivity contribution >= 4 is 41.8 Å².